The average molecular weight is 235 g/mol. The van der Waals surface area contributed by atoms with E-state index < -0.39 is 4.92 Å². The van der Waals surface area contributed by atoms with Crippen LogP contribution in [-0.2, 0) is 6.54 Å². The molecule has 1 aromatic carbocycles. The van der Waals surface area contributed by atoms with E-state index in [9.17, 15) is 10.1 Å². The van der Waals surface area contributed by atoms with Crippen LogP contribution >= 0.6 is 0 Å². The van der Waals surface area contributed by atoms with Crippen LogP contribution in [0.4, 0.5) is 5.69 Å². The van der Waals surface area contributed by atoms with E-state index in [0.29, 0.717) is 13.0 Å². The van der Waals surface area contributed by atoms with E-state index in [4.69, 9.17) is 5.11 Å². The Kier molecular flexibility index (Phi) is 3.34. The van der Waals surface area contributed by atoms with E-state index in [1.807, 2.05) is 0 Å². The van der Waals surface area contributed by atoms with E-state index in [0.717, 1.165) is 17.3 Å². The van der Waals surface area contributed by atoms with Gasteiger partial charge in [-0.1, -0.05) is 0 Å². The second-order valence-electron chi connectivity index (χ2n) is 3.80. The van der Waals surface area contributed by atoms with E-state index in [1.165, 1.54) is 12.1 Å². The van der Waals surface area contributed by atoms with Gasteiger partial charge < -0.3 is 5.11 Å². The minimum atomic E-state index is -0.412. The fourth-order valence-electron chi connectivity index (χ4n) is 1.72. The molecule has 0 aliphatic carbocycles. The van der Waals surface area contributed by atoms with E-state index >= 15 is 0 Å². The molecule has 2 rings (SSSR count). The Morgan fingerprint density at radius 2 is 2.24 bits per heavy atom. The lowest BCUT2D eigenvalue weighted by atomic mass is 10.2. The molecular weight excluding hydrogens is 222 g/mol. The first-order valence-corrected chi connectivity index (χ1v) is 5.43. The molecule has 0 aliphatic rings. The van der Waals surface area contributed by atoms with Crippen molar-refractivity contribution in [2.45, 2.75) is 19.4 Å². The molecule has 0 amide bonds. The minimum absolute atomic E-state index is 0.0707. The maximum atomic E-state index is 10.7. The van der Waals surface area contributed by atoms with Crippen molar-refractivity contribution in [3.05, 3.63) is 34.5 Å². The van der Waals surface area contributed by atoms with Gasteiger partial charge in [-0.2, -0.15) is 5.10 Å². The standard InChI is InChI=1S/C11H13N3O3/c15-6-2-1-5-13-11-7-10(14(16)17)4-3-9(11)8-12-13/h3-4,7-8,15H,1-2,5-6H2. The molecule has 1 N–H and O–H groups in total. The molecule has 1 aromatic heterocycles. The first-order chi connectivity index (χ1) is 8.22. The number of hydrogen-bond donors (Lipinski definition) is 1. The quantitative estimate of drug-likeness (QED) is 0.486. The molecule has 0 atom stereocenters. The van der Waals surface area contributed by atoms with Crippen molar-refractivity contribution in [2.24, 2.45) is 0 Å². The summed E-state index contributed by atoms with van der Waals surface area (Å²) in [6, 6.07) is 4.70. The van der Waals surface area contributed by atoms with Crippen LogP contribution in [0.5, 0.6) is 0 Å². The first-order valence-electron chi connectivity index (χ1n) is 5.43. The van der Waals surface area contributed by atoms with Gasteiger partial charge in [0, 0.05) is 30.7 Å². The molecule has 0 fully saturated rings. The molecule has 0 saturated heterocycles. The van der Waals surface area contributed by atoms with Crippen molar-refractivity contribution in [3.63, 3.8) is 0 Å². The summed E-state index contributed by atoms with van der Waals surface area (Å²) in [6.45, 7) is 0.810. The predicted molar refractivity (Wildman–Crippen MR) is 62.7 cm³/mol. The SMILES string of the molecule is O=[N+]([O-])c1ccc2cnn(CCCCO)c2c1. The van der Waals surface area contributed by atoms with Crippen LogP contribution in [0.1, 0.15) is 12.8 Å². The minimum Gasteiger partial charge on any atom is -0.396 e. The molecule has 6 heteroatoms. The summed E-state index contributed by atoms with van der Waals surface area (Å²) in [5.74, 6) is 0. The van der Waals surface area contributed by atoms with Crippen LogP contribution < -0.4 is 0 Å². The highest BCUT2D eigenvalue weighted by Gasteiger charge is 2.09. The third-order valence-corrected chi connectivity index (χ3v) is 2.62. The zero-order valence-corrected chi connectivity index (χ0v) is 9.24. The molecule has 6 nitrogen and oxygen atoms in total. The van der Waals surface area contributed by atoms with Gasteiger partial charge in [0.15, 0.2) is 0 Å². The highest BCUT2D eigenvalue weighted by atomic mass is 16.6. The van der Waals surface area contributed by atoms with Crippen LogP contribution in [0.25, 0.3) is 10.9 Å². The van der Waals surface area contributed by atoms with Crippen molar-refractivity contribution in [1.29, 1.82) is 0 Å². The molecule has 0 saturated carbocycles. The number of unbranched alkanes of at least 4 members (excludes halogenated alkanes) is 1. The number of benzene rings is 1. The maximum Gasteiger partial charge on any atom is 0.271 e. The summed E-state index contributed by atoms with van der Waals surface area (Å²) in [7, 11) is 0. The third-order valence-electron chi connectivity index (χ3n) is 2.62. The Bertz CT molecular complexity index is 536. The first kappa shape index (κ1) is 11.5. The van der Waals surface area contributed by atoms with Gasteiger partial charge in [-0.15, -0.1) is 0 Å². The molecule has 2 aromatic rings. The number of nitrogens with zero attached hydrogens (tertiary/aromatic N) is 3. The van der Waals surface area contributed by atoms with Gasteiger partial charge in [-0.3, -0.25) is 14.8 Å². The van der Waals surface area contributed by atoms with Gasteiger partial charge in [0.1, 0.15) is 0 Å². The summed E-state index contributed by atoms with van der Waals surface area (Å²) < 4.78 is 1.73. The molecule has 17 heavy (non-hydrogen) atoms. The number of nitro benzene ring substituents is 1. The number of aromatic nitrogens is 2. The van der Waals surface area contributed by atoms with Crippen LogP contribution in [0.15, 0.2) is 24.4 Å². The van der Waals surface area contributed by atoms with Crippen LogP contribution in [-0.4, -0.2) is 26.4 Å². The van der Waals surface area contributed by atoms with E-state index in [2.05, 4.69) is 5.10 Å². The van der Waals surface area contributed by atoms with Gasteiger partial charge in [0.2, 0.25) is 0 Å². The summed E-state index contributed by atoms with van der Waals surface area (Å²) in [5.41, 5.74) is 0.832. The fraction of sp³-hybridized carbons (Fsp3) is 0.364. The number of aryl methyl sites for hydroxylation is 1. The van der Waals surface area contributed by atoms with Crippen molar-refractivity contribution in [1.82, 2.24) is 9.78 Å². The molecule has 0 spiro atoms. The van der Waals surface area contributed by atoms with Gasteiger partial charge in [-0.25, -0.2) is 0 Å². The third kappa shape index (κ3) is 2.42. The Morgan fingerprint density at radius 1 is 1.41 bits per heavy atom. The molecule has 0 radical (unpaired) electrons. The lowest BCUT2D eigenvalue weighted by Crippen LogP contribution is -2.01. The van der Waals surface area contributed by atoms with Gasteiger partial charge in [-0.05, 0) is 18.9 Å². The maximum absolute atomic E-state index is 10.7. The highest BCUT2D eigenvalue weighted by Crippen LogP contribution is 2.20. The molecule has 0 unspecified atom stereocenters. The number of hydrogen-bond acceptors (Lipinski definition) is 4. The zero-order chi connectivity index (χ0) is 12.3. The van der Waals surface area contributed by atoms with Crippen molar-refractivity contribution in [2.75, 3.05) is 6.61 Å². The molecule has 0 aliphatic heterocycles. The van der Waals surface area contributed by atoms with Crippen molar-refractivity contribution in [3.8, 4) is 0 Å². The Labute approximate surface area is 97.6 Å². The number of aliphatic hydroxyl groups excluding tert-OH is 1. The lowest BCUT2D eigenvalue weighted by Gasteiger charge is -2.02. The number of rotatable bonds is 5. The highest BCUT2D eigenvalue weighted by molar-refractivity contribution is 5.80. The normalized spacial score (nSPS) is 10.9. The molecule has 1 heterocycles. The van der Waals surface area contributed by atoms with Crippen LogP contribution in [0.3, 0.4) is 0 Å². The Hall–Kier alpha value is -1.95. The molecule has 0 bridgehead atoms. The molecular formula is C11H13N3O3. The Balaban J connectivity index is 2.30. The smallest absolute Gasteiger partial charge is 0.271 e. The van der Waals surface area contributed by atoms with Crippen LogP contribution in [0, 0.1) is 10.1 Å². The summed E-state index contributed by atoms with van der Waals surface area (Å²) in [4.78, 5) is 10.3. The van der Waals surface area contributed by atoms with E-state index in [1.54, 1.807) is 16.9 Å². The topological polar surface area (TPSA) is 81.2 Å². The number of fused-ring (bicyclic) bond motifs is 1. The molecule has 90 valence electrons. The number of aliphatic hydroxyl groups is 1. The van der Waals surface area contributed by atoms with Crippen molar-refractivity contribution >= 4 is 16.6 Å². The van der Waals surface area contributed by atoms with Gasteiger partial charge in [0.25, 0.3) is 5.69 Å². The average Bonchev–Trinajstić information content (AvgIpc) is 2.72. The monoisotopic (exact) mass is 235 g/mol. The van der Waals surface area contributed by atoms with Crippen LogP contribution in [0.2, 0.25) is 0 Å². The largest absolute Gasteiger partial charge is 0.396 e. The second-order valence-corrected chi connectivity index (χ2v) is 3.80. The summed E-state index contributed by atoms with van der Waals surface area (Å²) >= 11 is 0. The van der Waals surface area contributed by atoms with Crippen molar-refractivity contribution < 1.29 is 10.0 Å². The van der Waals surface area contributed by atoms with Gasteiger partial charge in [0.05, 0.1) is 16.6 Å². The lowest BCUT2D eigenvalue weighted by molar-refractivity contribution is -0.384. The van der Waals surface area contributed by atoms with E-state index in [-0.39, 0.29) is 12.3 Å². The Morgan fingerprint density at radius 3 is 2.94 bits per heavy atom. The fourth-order valence-corrected chi connectivity index (χ4v) is 1.72. The predicted octanol–water partition coefficient (Wildman–Crippen LogP) is 1.72. The van der Waals surface area contributed by atoms with Gasteiger partial charge >= 0.3 is 0 Å². The zero-order valence-electron chi connectivity index (χ0n) is 9.24. The number of nitro groups is 1. The second kappa shape index (κ2) is 4.92. The summed E-state index contributed by atoms with van der Waals surface area (Å²) in [6.07, 6.45) is 3.20. The summed E-state index contributed by atoms with van der Waals surface area (Å²) in [5, 5.41) is 24.5. The number of non-ortho nitro benzene ring substituents is 1.